The van der Waals surface area contributed by atoms with Crippen molar-refractivity contribution < 1.29 is 14.3 Å². The van der Waals surface area contributed by atoms with Crippen LogP contribution in [0.15, 0.2) is 11.6 Å². The zero-order valence-electron chi connectivity index (χ0n) is 14.0. The molecule has 5 atom stereocenters. The van der Waals surface area contributed by atoms with Crippen LogP contribution in [0.4, 0.5) is 0 Å². The summed E-state index contributed by atoms with van der Waals surface area (Å²) in [6, 6.07) is 0. The molecular formula is C17H26Br2O3. The Morgan fingerprint density at radius 3 is 2.64 bits per heavy atom. The van der Waals surface area contributed by atoms with Gasteiger partial charge in [0.25, 0.3) is 0 Å². The third-order valence-electron chi connectivity index (χ3n) is 5.28. The van der Waals surface area contributed by atoms with Gasteiger partial charge in [-0.3, -0.25) is 4.79 Å². The fraction of sp³-hybridized carbons (Fsp3) is 0.824. The summed E-state index contributed by atoms with van der Waals surface area (Å²) in [6.07, 6.45) is 3.88. The fourth-order valence-corrected chi connectivity index (χ4v) is 5.31. The lowest BCUT2D eigenvalue weighted by molar-refractivity contribution is -0.181. The van der Waals surface area contributed by atoms with E-state index in [1.807, 2.05) is 0 Å². The second-order valence-corrected chi connectivity index (χ2v) is 9.12. The lowest BCUT2D eigenvalue weighted by Gasteiger charge is -2.54. The molecule has 0 saturated heterocycles. The molecule has 0 amide bonds. The van der Waals surface area contributed by atoms with E-state index in [0.29, 0.717) is 4.83 Å². The van der Waals surface area contributed by atoms with Crippen LogP contribution in [0.5, 0.6) is 0 Å². The van der Waals surface area contributed by atoms with Crippen LogP contribution in [0.25, 0.3) is 0 Å². The first-order chi connectivity index (χ1) is 10.1. The summed E-state index contributed by atoms with van der Waals surface area (Å²) < 4.78 is 12.3. The van der Waals surface area contributed by atoms with Gasteiger partial charge in [0.2, 0.25) is 0 Å². The highest BCUT2D eigenvalue weighted by Gasteiger charge is 2.56. The number of alkyl halides is 2. The first-order valence-electron chi connectivity index (χ1n) is 7.85. The third kappa shape index (κ3) is 3.32. The molecule has 0 radical (unpaired) electrons. The Morgan fingerprint density at radius 1 is 1.45 bits per heavy atom. The van der Waals surface area contributed by atoms with E-state index in [9.17, 15) is 4.79 Å². The molecule has 0 spiro atoms. The van der Waals surface area contributed by atoms with Crippen molar-refractivity contribution in [2.45, 2.75) is 70.1 Å². The molecular weight excluding hydrogens is 412 g/mol. The predicted molar refractivity (Wildman–Crippen MR) is 95.6 cm³/mol. The molecule has 1 aliphatic carbocycles. The van der Waals surface area contributed by atoms with E-state index >= 15 is 0 Å². The highest BCUT2D eigenvalue weighted by atomic mass is 79.9. The summed E-state index contributed by atoms with van der Waals surface area (Å²) in [5.41, 5.74) is 0.784. The normalized spacial score (nSPS) is 41.1. The van der Waals surface area contributed by atoms with Gasteiger partial charge < -0.3 is 9.47 Å². The van der Waals surface area contributed by atoms with Crippen molar-refractivity contribution in [2.75, 3.05) is 5.33 Å². The van der Waals surface area contributed by atoms with Crippen molar-refractivity contribution in [3.05, 3.63) is 11.6 Å². The number of fused-ring (bicyclic) bond motifs is 1. The van der Waals surface area contributed by atoms with Gasteiger partial charge in [0.1, 0.15) is 6.10 Å². The molecule has 1 aliphatic heterocycles. The Kier molecular flexibility index (Phi) is 5.51. The van der Waals surface area contributed by atoms with Gasteiger partial charge in [-0.05, 0) is 43.8 Å². The largest absolute Gasteiger partial charge is 0.458 e. The van der Waals surface area contributed by atoms with Crippen molar-refractivity contribution in [2.24, 2.45) is 11.3 Å². The molecule has 22 heavy (non-hydrogen) atoms. The van der Waals surface area contributed by atoms with Crippen molar-refractivity contribution in [1.82, 2.24) is 0 Å². The first kappa shape index (κ1) is 18.5. The summed E-state index contributed by atoms with van der Waals surface area (Å²) in [7, 11) is 0. The number of halogens is 2. The summed E-state index contributed by atoms with van der Waals surface area (Å²) in [5, 5.41) is 0.753. The quantitative estimate of drug-likeness (QED) is 0.359. The van der Waals surface area contributed by atoms with Gasteiger partial charge in [-0.25, -0.2) is 0 Å². The molecule has 0 bridgehead atoms. The van der Waals surface area contributed by atoms with Crippen LogP contribution in [-0.2, 0) is 14.3 Å². The van der Waals surface area contributed by atoms with Crippen LogP contribution in [0.2, 0.25) is 0 Å². The van der Waals surface area contributed by atoms with Gasteiger partial charge in [0, 0.05) is 23.0 Å². The Hall–Kier alpha value is 0.130. The molecule has 2 aliphatic rings. The van der Waals surface area contributed by atoms with Crippen LogP contribution >= 0.6 is 31.9 Å². The van der Waals surface area contributed by atoms with Gasteiger partial charge >= 0.3 is 5.97 Å². The smallest absolute Gasteiger partial charge is 0.303 e. The molecule has 126 valence electrons. The fourth-order valence-electron chi connectivity index (χ4n) is 4.15. The zero-order chi connectivity index (χ0) is 16.7. The standard InChI is InChI=1S/C17H26Br2O3/c1-10-8-12(21-11(2)20)15-16(3,4)14(19)6-7-17(15,5)22-13(10)9-18/h8,12-15H,6-7,9H2,1-5H3/t12-,13+,14+,15+,17+/m1/s1. The molecule has 0 aromatic rings. The molecule has 0 aromatic carbocycles. The van der Waals surface area contributed by atoms with E-state index in [-0.39, 0.29) is 35.1 Å². The number of rotatable bonds is 2. The summed E-state index contributed by atoms with van der Waals surface area (Å²) >= 11 is 7.39. The Morgan fingerprint density at radius 2 is 2.09 bits per heavy atom. The Balaban J connectivity index is 2.51. The van der Waals surface area contributed by atoms with Crippen LogP contribution in [-0.4, -0.2) is 33.9 Å². The molecule has 2 rings (SSSR count). The third-order valence-corrected chi connectivity index (χ3v) is 7.50. The second-order valence-electron chi connectivity index (χ2n) is 7.36. The Labute approximate surface area is 150 Å². The topological polar surface area (TPSA) is 35.5 Å². The minimum atomic E-state index is -0.305. The van der Waals surface area contributed by atoms with E-state index in [4.69, 9.17) is 9.47 Å². The minimum Gasteiger partial charge on any atom is -0.458 e. The van der Waals surface area contributed by atoms with E-state index in [1.54, 1.807) is 0 Å². The lowest BCUT2D eigenvalue weighted by atomic mass is 9.59. The highest BCUT2D eigenvalue weighted by molar-refractivity contribution is 9.09. The maximum Gasteiger partial charge on any atom is 0.303 e. The average molecular weight is 438 g/mol. The number of hydrogen-bond donors (Lipinski definition) is 0. The molecule has 0 unspecified atom stereocenters. The predicted octanol–water partition coefficient (Wildman–Crippen LogP) is 4.62. The van der Waals surface area contributed by atoms with Crippen molar-refractivity contribution >= 4 is 37.8 Å². The zero-order valence-corrected chi connectivity index (χ0v) is 17.2. The highest BCUT2D eigenvalue weighted by Crippen LogP contribution is 2.54. The number of hydrogen-bond acceptors (Lipinski definition) is 3. The van der Waals surface area contributed by atoms with Gasteiger partial charge in [0.15, 0.2) is 0 Å². The Bertz CT molecular complexity index is 475. The van der Waals surface area contributed by atoms with Crippen LogP contribution in [0.1, 0.15) is 47.5 Å². The van der Waals surface area contributed by atoms with Gasteiger partial charge in [-0.15, -0.1) is 0 Å². The maximum absolute atomic E-state index is 11.6. The molecule has 1 saturated carbocycles. The summed E-state index contributed by atoms with van der Waals surface area (Å²) in [6.45, 7) is 10.2. The van der Waals surface area contributed by atoms with Crippen molar-refractivity contribution in [3.8, 4) is 0 Å². The van der Waals surface area contributed by atoms with Crippen LogP contribution < -0.4 is 0 Å². The summed E-state index contributed by atoms with van der Waals surface area (Å²) in [4.78, 5) is 12.0. The number of esters is 1. The monoisotopic (exact) mass is 436 g/mol. The molecule has 5 heteroatoms. The maximum atomic E-state index is 11.6. The van der Waals surface area contributed by atoms with Gasteiger partial charge in [-0.2, -0.15) is 0 Å². The molecule has 0 N–H and O–H groups in total. The van der Waals surface area contributed by atoms with Crippen molar-refractivity contribution in [1.29, 1.82) is 0 Å². The lowest BCUT2D eigenvalue weighted by Crippen LogP contribution is -2.58. The number of ether oxygens (including phenoxy) is 2. The van der Waals surface area contributed by atoms with Crippen LogP contribution in [0, 0.1) is 11.3 Å². The average Bonchev–Trinajstić information content (AvgIpc) is 2.49. The SMILES string of the molecule is CC(=O)O[C@@H]1C=C(C)[C@H](CBr)O[C@@]2(C)CC[C@H](Br)C(C)(C)[C@H]12. The molecule has 1 heterocycles. The number of carbonyl (C=O) groups is 1. The van der Waals surface area contributed by atoms with Gasteiger partial charge in [0.05, 0.1) is 11.7 Å². The van der Waals surface area contributed by atoms with Crippen molar-refractivity contribution in [3.63, 3.8) is 0 Å². The molecule has 0 aromatic heterocycles. The van der Waals surface area contributed by atoms with Crippen LogP contribution in [0.3, 0.4) is 0 Å². The van der Waals surface area contributed by atoms with E-state index in [1.165, 1.54) is 6.92 Å². The first-order valence-corrected chi connectivity index (χ1v) is 9.89. The molecule has 1 fully saturated rings. The summed E-state index contributed by atoms with van der Waals surface area (Å²) in [5.74, 6) is -0.123. The van der Waals surface area contributed by atoms with E-state index in [2.05, 4.69) is 65.6 Å². The van der Waals surface area contributed by atoms with Gasteiger partial charge in [-0.1, -0.05) is 45.7 Å². The molecule has 3 nitrogen and oxygen atoms in total. The number of carbonyl (C=O) groups excluding carboxylic acids is 1. The second kappa shape index (κ2) is 6.56. The minimum absolute atomic E-state index is 0.0238. The van der Waals surface area contributed by atoms with E-state index < -0.39 is 0 Å². The van der Waals surface area contributed by atoms with E-state index in [0.717, 1.165) is 23.7 Å².